The third kappa shape index (κ3) is 7.35. The van der Waals surface area contributed by atoms with Crippen LogP contribution in [0.3, 0.4) is 0 Å². The number of hydrogen-bond donors (Lipinski definition) is 4. The molecule has 2 aromatic carbocycles. The summed E-state index contributed by atoms with van der Waals surface area (Å²) in [4.78, 5) is 1.36. The molecule has 0 bridgehead atoms. The van der Waals surface area contributed by atoms with Crippen LogP contribution in [0.25, 0.3) is 11.1 Å². The molecule has 0 amide bonds. The van der Waals surface area contributed by atoms with Crippen molar-refractivity contribution in [1.82, 2.24) is 10.6 Å². The van der Waals surface area contributed by atoms with Crippen molar-refractivity contribution in [2.45, 2.75) is 32.1 Å². The van der Waals surface area contributed by atoms with Crippen molar-refractivity contribution in [3.05, 3.63) is 82.7 Å². The lowest BCUT2D eigenvalue weighted by molar-refractivity contribution is 0.585. The van der Waals surface area contributed by atoms with Crippen LogP contribution in [0.15, 0.2) is 76.2 Å². The molecule has 1 aliphatic rings. The molecule has 0 radical (unpaired) electrons. The van der Waals surface area contributed by atoms with Gasteiger partial charge in [-0.3, -0.25) is 5.41 Å². The maximum atomic E-state index is 16.2. The summed E-state index contributed by atoms with van der Waals surface area (Å²) in [6.45, 7) is 10.3. The van der Waals surface area contributed by atoms with Gasteiger partial charge in [0.25, 0.3) is 0 Å². The largest absolute Gasteiger partial charge is 0.398 e. The normalized spacial score (nSPS) is 15.2. The molecule has 0 fully saturated rings. The number of allylic oxidation sites excluding steroid dienone is 4. The van der Waals surface area contributed by atoms with E-state index in [4.69, 9.17) is 11.1 Å². The van der Waals surface area contributed by atoms with Gasteiger partial charge >= 0.3 is 0 Å². The Morgan fingerprint density at radius 3 is 2.64 bits per heavy atom. The van der Waals surface area contributed by atoms with Gasteiger partial charge in [-0.25, -0.2) is 8.78 Å². The summed E-state index contributed by atoms with van der Waals surface area (Å²) in [6.07, 6.45) is 10.4. The number of halogens is 2. The monoisotopic (exact) mass is 606 g/mol. The standard InChI is InChI=1S/C29H38F2N4P2S2/c1-7-16(2)10-11-34-18(4)27(32)22-9-8-21(29(37)28(22)33)23-13-20(36)14-25(26(23)31)39(5,6)38-24-12-19(30)15-35-17(24)3/h8-14,16,32,34-35H,4,7,15,33,36-37H2,1-3,5-6H3/b11-10-,32-27?/t16-/m1/s1. The Hall–Kier alpha value is -2.11. The van der Waals surface area contributed by atoms with Crippen LogP contribution in [0.4, 0.5) is 14.5 Å². The van der Waals surface area contributed by atoms with Gasteiger partial charge in [0.15, 0.2) is 0 Å². The van der Waals surface area contributed by atoms with Gasteiger partial charge in [-0.05, 0) is 60.6 Å². The van der Waals surface area contributed by atoms with Crippen LogP contribution in [0.5, 0.6) is 0 Å². The van der Waals surface area contributed by atoms with Gasteiger partial charge in [0.05, 0.1) is 18.0 Å². The number of nitrogens with two attached hydrogens (primary N) is 1. The summed E-state index contributed by atoms with van der Waals surface area (Å²) in [6, 6.07) is 7.16. The number of dihydropyridines is 1. The van der Waals surface area contributed by atoms with E-state index < -0.39 is 9.06 Å². The molecule has 5 N–H and O–H groups in total. The van der Waals surface area contributed by atoms with Crippen molar-refractivity contribution in [3.8, 4) is 11.1 Å². The second-order valence-corrected chi connectivity index (χ2v) is 17.6. The van der Waals surface area contributed by atoms with Crippen LogP contribution in [0.2, 0.25) is 0 Å². The van der Waals surface area contributed by atoms with E-state index in [9.17, 15) is 4.39 Å². The Kier molecular flexibility index (Phi) is 10.5. The highest BCUT2D eigenvalue weighted by atomic mass is 33.2. The molecule has 0 aliphatic carbocycles. The minimum absolute atomic E-state index is 0.171. The van der Waals surface area contributed by atoms with Crippen LogP contribution in [0, 0.1) is 17.1 Å². The molecule has 3 atom stereocenters. The van der Waals surface area contributed by atoms with Gasteiger partial charge < -0.3 is 16.4 Å². The summed E-state index contributed by atoms with van der Waals surface area (Å²) in [7, 11) is 5.02. The first-order chi connectivity index (χ1) is 18.3. The molecule has 0 saturated carbocycles. The summed E-state index contributed by atoms with van der Waals surface area (Å²) in [5, 5.41) is 16.2. The maximum absolute atomic E-state index is 16.2. The van der Waals surface area contributed by atoms with E-state index in [0.29, 0.717) is 44.2 Å². The fourth-order valence-corrected chi connectivity index (χ4v) is 9.14. The van der Waals surface area contributed by atoms with Gasteiger partial charge in [0.2, 0.25) is 0 Å². The molecule has 2 unspecified atom stereocenters. The molecular formula is C29H38F2N4P2S2. The zero-order chi connectivity index (χ0) is 29.1. The number of hydrogen-bond acceptors (Lipinski definition) is 5. The quantitative estimate of drug-likeness (QED) is 0.103. The van der Waals surface area contributed by atoms with E-state index >= 15 is 4.39 Å². The smallest absolute Gasteiger partial charge is 0.143 e. The Bertz CT molecular complexity index is 1400. The second-order valence-electron chi connectivity index (χ2n) is 9.86. The zero-order valence-electron chi connectivity index (χ0n) is 23.0. The molecule has 3 rings (SSSR count). The molecule has 2 aromatic rings. The van der Waals surface area contributed by atoms with E-state index in [0.717, 1.165) is 22.3 Å². The van der Waals surface area contributed by atoms with Crippen molar-refractivity contribution >= 4 is 60.3 Å². The average molecular weight is 607 g/mol. The summed E-state index contributed by atoms with van der Waals surface area (Å²) >= 11 is 0. The number of benzene rings is 2. The molecule has 4 nitrogen and oxygen atoms in total. The number of anilines is 1. The first-order valence-electron chi connectivity index (χ1n) is 12.5. The lowest BCUT2D eigenvalue weighted by Crippen LogP contribution is -2.19. The topological polar surface area (TPSA) is 73.9 Å². The number of rotatable bonds is 10. The predicted molar refractivity (Wildman–Crippen MR) is 178 cm³/mol. The maximum Gasteiger partial charge on any atom is 0.143 e. The van der Waals surface area contributed by atoms with Gasteiger partial charge in [-0.15, -0.1) is 18.5 Å². The molecule has 210 valence electrons. The van der Waals surface area contributed by atoms with Gasteiger partial charge in [0, 0.05) is 37.6 Å². The van der Waals surface area contributed by atoms with Gasteiger partial charge in [-0.2, -0.15) is 9.06 Å². The van der Waals surface area contributed by atoms with Crippen LogP contribution >= 0.6 is 38.3 Å². The molecule has 10 heteroatoms. The van der Waals surface area contributed by atoms with E-state index in [1.807, 2.05) is 31.6 Å². The Morgan fingerprint density at radius 2 is 1.97 bits per heavy atom. The molecule has 1 heterocycles. The lowest BCUT2D eigenvalue weighted by atomic mass is 9.98. The van der Waals surface area contributed by atoms with Crippen molar-refractivity contribution in [3.63, 3.8) is 0 Å². The molecule has 0 spiro atoms. The molecule has 1 aliphatic heterocycles. The van der Waals surface area contributed by atoms with E-state index in [2.05, 4.69) is 49.5 Å². The van der Waals surface area contributed by atoms with E-state index in [-0.39, 0.29) is 23.9 Å². The summed E-state index contributed by atoms with van der Waals surface area (Å²) in [5.74, 6) is -0.150. The van der Waals surface area contributed by atoms with Gasteiger partial charge in [0.1, 0.15) is 11.6 Å². The van der Waals surface area contributed by atoms with Crippen molar-refractivity contribution < 1.29 is 8.78 Å². The van der Waals surface area contributed by atoms with Crippen LogP contribution < -0.4 is 27.0 Å². The SMILES string of the molecule is C=C(N/C=C\[C@H](C)CC)C(=N)c1ccc(-c2cc(P)cc(S(C)(C)SC3=C(C)NCC(F)=C3)c2F)c(P)c1N. The second kappa shape index (κ2) is 13.0. The highest BCUT2D eigenvalue weighted by molar-refractivity contribution is 8.94. The van der Waals surface area contributed by atoms with Crippen LogP contribution in [0.1, 0.15) is 32.8 Å². The van der Waals surface area contributed by atoms with Crippen LogP contribution in [-0.4, -0.2) is 24.8 Å². The van der Waals surface area contributed by atoms with Crippen molar-refractivity contribution in [1.29, 1.82) is 5.41 Å². The van der Waals surface area contributed by atoms with Crippen LogP contribution in [-0.2, 0) is 0 Å². The highest BCUT2D eigenvalue weighted by Gasteiger charge is 2.27. The highest BCUT2D eigenvalue weighted by Crippen LogP contribution is 2.65. The Balaban J connectivity index is 1.97. The molecule has 0 saturated heterocycles. The first kappa shape index (κ1) is 31.4. The fourth-order valence-electron chi connectivity index (χ4n) is 3.91. The zero-order valence-corrected chi connectivity index (χ0v) is 27.0. The van der Waals surface area contributed by atoms with E-state index in [1.54, 1.807) is 24.4 Å². The predicted octanol–water partition coefficient (Wildman–Crippen LogP) is 6.87. The molecule has 0 aromatic heterocycles. The van der Waals surface area contributed by atoms with Crippen molar-refractivity contribution in [2.75, 3.05) is 24.8 Å². The minimum atomic E-state index is -1.75. The third-order valence-corrected chi connectivity index (χ3v) is 12.2. The Labute approximate surface area is 241 Å². The third-order valence-electron chi connectivity index (χ3n) is 6.54. The molecular weight excluding hydrogens is 568 g/mol. The van der Waals surface area contributed by atoms with Crippen molar-refractivity contribution in [2.24, 2.45) is 5.92 Å². The lowest BCUT2D eigenvalue weighted by Gasteiger charge is -2.33. The molecule has 39 heavy (non-hydrogen) atoms. The first-order valence-corrected chi connectivity index (χ1v) is 17.4. The van der Waals surface area contributed by atoms with Gasteiger partial charge in [-0.1, -0.05) is 55.8 Å². The average Bonchev–Trinajstić information content (AvgIpc) is 2.88. The summed E-state index contributed by atoms with van der Waals surface area (Å²) in [5.41, 5.74) is 9.92. The fraction of sp³-hybridized carbons (Fsp3) is 0.276. The summed E-state index contributed by atoms with van der Waals surface area (Å²) < 4.78 is 30.2. The number of nitrogen functional groups attached to an aromatic ring is 1. The Morgan fingerprint density at radius 1 is 1.28 bits per heavy atom. The minimum Gasteiger partial charge on any atom is -0.398 e. The van der Waals surface area contributed by atoms with E-state index in [1.165, 1.54) is 16.9 Å². The number of nitrogens with one attached hydrogen (secondary N) is 3.